The quantitative estimate of drug-likeness (QED) is 0.476. The second kappa shape index (κ2) is 7.25. The molecule has 0 amide bonds. The number of fused-ring (bicyclic) bond motifs is 3. The molecular weight excluding hydrogens is 462 g/mol. The van der Waals surface area contributed by atoms with Crippen LogP contribution in [0, 0.1) is 0 Å². The molecule has 0 saturated carbocycles. The molecule has 1 aliphatic rings. The smallest absolute Gasteiger partial charge is 0.331 e. The van der Waals surface area contributed by atoms with E-state index in [-0.39, 0.29) is 17.0 Å². The Morgan fingerprint density at radius 3 is 2.45 bits per heavy atom. The predicted molar refractivity (Wildman–Crippen MR) is 121 cm³/mol. The van der Waals surface area contributed by atoms with Crippen molar-refractivity contribution in [2.24, 2.45) is 14.1 Å². The number of aromatic nitrogens is 3. The Morgan fingerprint density at radius 1 is 1.03 bits per heavy atom. The molecule has 8 heteroatoms. The average Bonchev–Trinajstić information content (AvgIpc) is 3.12. The highest BCUT2D eigenvalue weighted by Gasteiger charge is 2.33. The lowest BCUT2D eigenvalue weighted by molar-refractivity contribution is 0.0478. The molecule has 3 heterocycles. The zero-order valence-corrected chi connectivity index (χ0v) is 18.6. The Kier molecular flexibility index (Phi) is 4.64. The largest absolute Gasteiger partial charge is 0.508 e. The van der Waals surface area contributed by atoms with Gasteiger partial charge in [-0.3, -0.25) is 13.9 Å². The third-order valence-electron chi connectivity index (χ3n) is 5.88. The maximum Gasteiger partial charge on any atom is 0.331 e. The van der Waals surface area contributed by atoms with E-state index in [0.717, 1.165) is 31.6 Å². The Labute approximate surface area is 185 Å². The lowest BCUT2D eigenvalue weighted by Gasteiger charge is -2.28. The molecule has 0 unspecified atom stereocenters. The minimum atomic E-state index is -0.481. The van der Waals surface area contributed by atoms with E-state index in [1.54, 1.807) is 31.3 Å². The number of hydrogen-bond acceptors (Lipinski definition) is 4. The van der Waals surface area contributed by atoms with Crippen molar-refractivity contribution < 1.29 is 9.84 Å². The number of halogens is 1. The second-order valence-corrected chi connectivity index (χ2v) is 8.49. The molecular formula is C23H20BrN3O4. The number of hydrogen-bond donors (Lipinski definition) is 1. The van der Waals surface area contributed by atoms with Crippen molar-refractivity contribution in [1.29, 1.82) is 0 Å². The molecule has 1 atom stereocenters. The van der Waals surface area contributed by atoms with E-state index in [1.807, 2.05) is 24.3 Å². The van der Waals surface area contributed by atoms with Gasteiger partial charge in [-0.1, -0.05) is 46.3 Å². The first-order chi connectivity index (χ1) is 14.9. The molecule has 2 aromatic heterocycles. The lowest BCUT2D eigenvalue weighted by atomic mass is 10.0. The molecule has 2 aromatic carbocycles. The van der Waals surface area contributed by atoms with E-state index in [4.69, 9.17) is 4.74 Å². The fourth-order valence-corrected chi connectivity index (χ4v) is 4.89. The highest BCUT2D eigenvalue weighted by atomic mass is 79.9. The summed E-state index contributed by atoms with van der Waals surface area (Å²) in [6, 6.07) is 14.6. The van der Waals surface area contributed by atoms with Crippen LogP contribution in [0.2, 0.25) is 0 Å². The van der Waals surface area contributed by atoms with Crippen molar-refractivity contribution in [3.8, 4) is 17.0 Å². The summed E-state index contributed by atoms with van der Waals surface area (Å²) in [4.78, 5) is 26.2. The number of aryl methyl sites for hydroxylation is 1. The van der Waals surface area contributed by atoms with Crippen LogP contribution in [0.15, 0.2) is 62.6 Å². The van der Waals surface area contributed by atoms with Gasteiger partial charge in [-0.25, -0.2) is 4.79 Å². The third-order valence-corrected chi connectivity index (χ3v) is 6.57. The van der Waals surface area contributed by atoms with E-state index in [9.17, 15) is 14.7 Å². The number of phenolic OH excluding ortho intramolecular Hbond substituents is 1. The van der Waals surface area contributed by atoms with Crippen molar-refractivity contribution >= 4 is 26.8 Å². The Bertz CT molecular complexity index is 1450. The fraction of sp³-hybridized carbons (Fsp3) is 0.217. The Balaban J connectivity index is 1.96. The highest BCUT2D eigenvalue weighted by molar-refractivity contribution is 9.10. The van der Waals surface area contributed by atoms with Crippen molar-refractivity contribution in [2.75, 3.05) is 6.61 Å². The van der Waals surface area contributed by atoms with Crippen LogP contribution in [-0.4, -0.2) is 25.4 Å². The molecule has 0 bridgehead atoms. The van der Waals surface area contributed by atoms with Crippen LogP contribution in [0.4, 0.5) is 0 Å². The fourth-order valence-electron chi connectivity index (χ4n) is 4.42. The van der Waals surface area contributed by atoms with Crippen LogP contribution in [0.5, 0.6) is 5.75 Å². The zero-order valence-electron chi connectivity index (χ0n) is 17.0. The summed E-state index contributed by atoms with van der Waals surface area (Å²) in [7, 11) is 3.18. The van der Waals surface area contributed by atoms with E-state index in [0.29, 0.717) is 24.1 Å². The number of phenols is 1. The minimum Gasteiger partial charge on any atom is -0.508 e. The third kappa shape index (κ3) is 2.90. The number of nitrogens with zero attached hydrogens (tertiary/aromatic N) is 3. The van der Waals surface area contributed by atoms with Crippen LogP contribution in [0.25, 0.3) is 22.2 Å². The average molecular weight is 482 g/mol. The summed E-state index contributed by atoms with van der Waals surface area (Å²) in [5.41, 5.74) is 3.08. The van der Waals surface area contributed by atoms with Gasteiger partial charge >= 0.3 is 5.69 Å². The van der Waals surface area contributed by atoms with Crippen LogP contribution in [-0.2, 0) is 25.4 Å². The topological polar surface area (TPSA) is 78.4 Å². The van der Waals surface area contributed by atoms with Gasteiger partial charge in [-0.05, 0) is 23.8 Å². The summed E-state index contributed by atoms with van der Waals surface area (Å²) in [5, 5.41) is 10.2. The monoisotopic (exact) mass is 481 g/mol. The summed E-state index contributed by atoms with van der Waals surface area (Å²) >= 11 is 3.63. The van der Waals surface area contributed by atoms with Gasteiger partial charge in [0.2, 0.25) is 0 Å². The number of rotatable bonds is 2. The maximum absolute atomic E-state index is 13.4. The molecule has 31 heavy (non-hydrogen) atoms. The summed E-state index contributed by atoms with van der Waals surface area (Å²) in [6.07, 6.45) is -0.481. The maximum atomic E-state index is 13.4. The van der Waals surface area contributed by atoms with Crippen molar-refractivity contribution in [2.45, 2.75) is 12.6 Å². The number of ether oxygens (including phenoxy) is 1. The molecule has 0 radical (unpaired) electrons. The Hall–Kier alpha value is -3.10. The molecule has 0 spiro atoms. The molecule has 0 fully saturated rings. The molecule has 5 rings (SSSR count). The molecule has 0 saturated heterocycles. The van der Waals surface area contributed by atoms with Crippen molar-refractivity contribution in [3.63, 3.8) is 0 Å². The van der Waals surface area contributed by atoms with Crippen LogP contribution < -0.4 is 11.2 Å². The first kappa shape index (κ1) is 19.8. The van der Waals surface area contributed by atoms with Crippen LogP contribution >= 0.6 is 15.9 Å². The standard InChI is InChI=1S/C23H20BrN3O4/c1-25-19-17(22(29)26(2)23(25)30)18(15-5-3-4-6-16(15)24)27-11-12-31-21(20(19)27)13-7-9-14(28)10-8-13/h3-10,21,28H,11-12H2,1-2H3/t21-/m0/s1. The molecule has 1 aliphatic heterocycles. The van der Waals surface area contributed by atoms with Gasteiger partial charge in [-0.15, -0.1) is 0 Å². The van der Waals surface area contributed by atoms with Crippen LogP contribution in [0.1, 0.15) is 17.4 Å². The first-order valence-electron chi connectivity index (χ1n) is 9.87. The molecule has 158 valence electrons. The molecule has 0 aliphatic carbocycles. The van der Waals surface area contributed by atoms with E-state index < -0.39 is 6.10 Å². The summed E-state index contributed by atoms with van der Waals surface area (Å²) < 4.78 is 11.8. The highest BCUT2D eigenvalue weighted by Crippen LogP contribution is 2.42. The van der Waals surface area contributed by atoms with Gasteiger partial charge in [0.05, 0.1) is 28.9 Å². The van der Waals surface area contributed by atoms with Gasteiger partial charge < -0.3 is 14.4 Å². The normalized spacial score (nSPS) is 15.9. The predicted octanol–water partition coefficient (Wildman–Crippen LogP) is 3.29. The van der Waals surface area contributed by atoms with Gasteiger partial charge in [0.1, 0.15) is 11.9 Å². The summed E-state index contributed by atoms with van der Waals surface area (Å²) in [6.45, 7) is 0.998. The molecule has 4 aromatic rings. The van der Waals surface area contributed by atoms with Gasteiger partial charge in [0.25, 0.3) is 5.56 Å². The second-order valence-electron chi connectivity index (χ2n) is 7.64. The number of benzene rings is 2. The van der Waals surface area contributed by atoms with Crippen molar-refractivity contribution in [1.82, 2.24) is 13.7 Å². The van der Waals surface area contributed by atoms with Gasteiger partial charge in [0.15, 0.2) is 0 Å². The minimum absolute atomic E-state index is 0.162. The van der Waals surface area contributed by atoms with Crippen LogP contribution in [0.3, 0.4) is 0 Å². The lowest BCUT2D eigenvalue weighted by Crippen LogP contribution is -2.37. The Morgan fingerprint density at radius 2 is 1.74 bits per heavy atom. The SMILES string of the molecule is Cn1c(=O)c2c(-c3ccccc3Br)n3c(c2n(C)c1=O)[C@H](c1ccc(O)cc1)OCC3. The van der Waals surface area contributed by atoms with E-state index in [2.05, 4.69) is 20.5 Å². The van der Waals surface area contributed by atoms with Crippen molar-refractivity contribution in [3.05, 3.63) is 85.1 Å². The zero-order chi connectivity index (χ0) is 21.9. The molecule has 1 N–H and O–H groups in total. The summed E-state index contributed by atoms with van der Waals surface area (Å²) in [5.74, 6) is 0.162. The van der Waals surface area contributed by atoms with Gasteiger partial charge in [0, 0.05) is 30.7 Å². The number of aromatic hydroxyl groups is 1. The van der Waals surface area contributed by atoms with E-state index in [1.165, 1.54) is 11.6 Å². The van der Waals surface area contributed by atoms with E-state index >= 15 is 0 Å². The molecule has 7 nitrogen and oxygen atoms in total. The van der Waals surface area contributed by atoms with Gasteiger partial charge in [-0.2, -0.15) is 0 Å². The first-order valence-corrected chi connectivity index (χ1v) is 10.7.